The van der Waals surface area contributed by atoms with Crippen LogP contribution in [0.2, 0.25) is 0 Å². The minimum absolute atomic E-state index is 0.224. The van der Waals surface area contributed by atoms with Gasteiger partial charge in [-0.2, -0.15) is 0 Å². The van der Waals surface area contributed by atoms with E-state index in [1.807, 2.05) is 42.5 Å². The van der Waals surface area contributed by atoms with Gasteiger partial charge in [-0.05, 0) is 31.7 Å². The summed E-state index contributed by atoms with van der Waals surface area (Å²) in [6, 6.07) is 13.9. The zero-order valence-electron chi connectivity index (χ0n) is 10.8. The third-order valence-corrected chi connectivity index (χ3v) is 2.74. The average Bonchev–Trinajstić information content (AvgIpc) is 2.41. The molecule has 0 radical (unpaired) electrons. The Bertz CT molecular complexity index is 485. The van der Waals surface area contributed by atoms with Gasteiger partial charge >= 0.3 is 0 Å². The van der Waals surface area contributed by atoms with Crippen molar-refractivity contribution < 1.29 is 4.74 Å². The molecule has 3 heteroatoms. The molecule has 1 aromatic carbocycles. The van der Waals surface area contributed by atoms with Crippen molar-refractivity contribution >= 4 is 0 Å². The fourth-order valence-electron chi connectivity index (χ4n) is 1.83. The van der Waals surface area contributed by atoms with Crippen molar-refractivity contribution in [3.63, 3.8) is 0 Å². The molecule has 2 rings (SSSR count). The van der Waals surface area contributed by atoms with Gasteiger partial charge in [-0.1, -0.05) is 31.2 Å². The first-order chi connectivity index (χ1) is 8.81. The molecule has 1 N–H and O–H groups in total. The van der Waals surface area contributed by atoms with Crippen LogP contribution in [0, 0.1) is 0 Å². The van der Waals surface area contributed by atoms with E-state index in [2.05, 4.69) is 24.1 Å². The second kappa shape index (κ2) is 6.17. The Kier molecular flexibility index (Phi) is 4.31. The zero-order valence-corrected chi connectivity index (χ0v) is 10.8. The third-order valence-electron chi connectivity index (χ3n) is 2.74. The number of ether oxygens (including phenoxy) is 1. The van der Waals surface area contributed by atoms with Gasteiger partial charge in [0, 0.05) is 17.8 Å². The van der Waals surface area contributed by atoms with Crippen LogP contribution in [0.1, 0.15) is 25.5 Å². The molecule has 1 aromatic heterocycles. The molecule has 0 aliphatic carbocycles. The molecule has 2 aromatic rings. The molecule has 0 amide bonds. The molecule has 3 nitrogen and oxygen atoms in total. The summed E-state index contributed by atoms with van der Waals surface area (Å²) in [5.41, 5.74) is 1.07. The summed E-state index contributed by atoms with van der Waals surface area (Å²) in [4.78, 5) is 4.32. The normalized spacial score (nSPS) is 12.1. The minimum atomic E-state index is 0.224. The Hall–Kier alpha value is -1.87. The highest BCUT2D eigenvalue weighted by atomic mass is 16.5. The highest BCUT2D eigenvalue weighted by molar-refractivity contribution is 5.33. The van der Waals surface area contributed by atoms with E-state index in [9.17, 15) is 0 Å². The van der Waals surface area contributed by atoms with Gasteiger partial charge in [-0.15, -0.1) is 0 Å². The number of aromatic nitrogens is 1. The van der Waals surface area contributed by atoms with Gasteiger partial charge < -0.3 is 10.1 Å². The predicted molar refractivity (Wildman–Crippen MR) is 72.8 cm³/mol. The monoisotopic (exact) mass is 242 g/mol. The Morgan fingerprint density at radius 2 is 1.94 bits per heavy atom. The summed E-state index contributed by atoms with van der Waals surface area (Å²) in [5, 5.41) is 3.37. The first kappa shape index (κ1) is 12.6. The molecule has 1 atom stereocenters. The quantitative estimate of drug-likeness (QED) is 0.870. The summed E-state index contributed by atoms with van der Waals surface area (Å²) in [5.74, 6) is 1.47. The van der Waals surface area contributed by atoms with Crippen LogP contribution >= 0.6 is 0 Å². The maximum Gasteiger partial charge on any atom is 0.223 e. The fourth-order valence-corrected chi connectivity index (χ4v) is 1.83. The number of nitrogens with one attached hydrogen (secondary N) is 1. The number of para-hydroxylation sites is 1. The summed E-state index contributed by atoms with van der Waals surface area (Å²) in [6.07, 6.45) is 1.75. The number of rotatable bonds is 5. The highest BCUT2D eigenvalue weighted by Crippen LogP contribution is 2.26. The van der Waals surface area contributed by atoms with Crippen molar-refractivity contribution in [3.05, 3.63) is 54.2 Å². The van der Waals surface area contributed by atoms with E-state index in [1.165, 1.54) is 0 Å². The molecule has 0 fully saturated rings. The Morgan fingerprint density at radius 1 is 1.17 bits per heavy atom. The molecule has 0 aliphatic rings. The van der Waals surface area contributed by atoms with Crippen LogP contribution in [0.3, 0.4) is 0 Å². The smallest absolute Gasteiger partial charge is 0.223 e. The van der Waals surface area contributed by atoms with E-state index in [0.29, 0.717) is 5.88 Å². The summed E-state index contributed by atoms with van der Waals surface area (Å²) >= 11 is 0. The predicted octanol–water partition coefficient (Wildman–Crippen LogP) is 3.54. The summed E-state index contributed by atoms with van der Waals surface area (Å²) in [6.45, 7) is 5.11. The van der Waals surface area contributed by atoms with Crippen molar-refractivity contribution in [2.75, 3.05) is 6.54 Å². The Labute approximate surface area is 108 Å². The minimum Gasteiger partial charge on any atom is -0.439 e. The summed E-state index contributed by atoms with van der Waals surface area (Å²) < 4.78 is 5.83. The van der Waals surface area contributed by atoms with Crippen molar-refractivity contribution in [2.45, 2.75) is 19.9 Å². The van der Waals surface area contributed by atoms with Crippen LogP contribution in [0.5, 0.6) is 11.6 Å². The maximum atomic E-state index is 5.83. The molecule has 0 saturated heterocycles. The maximum absolute atomic E-state index is 5.83. The topological polar surface area (TPSA) is 34.2 Å². The molecule has 0 spiro atoms. The lowest BCUT2D eigenvalue weighted by atomic mass is 10.1. The standard InChI is InChI=1S/C15H18N2O/c1-3-16-12(2)14-10-7-11-17-15(14)18-13-8-5-4-6-9-13/h4-12,16H,3H2,1-2H3. The molecule has 18 heavy (non-hydrogen) atoms. The van der Waals surface area contributed by atoms with Crippen LogP contribution in [-0.2, 0) is 0 Å². The van der Waals surface area contributed by atoms with Crippen molar-refractivity contribution in [1.29, 1.82) is 0 Å². The molecule has 0 saturated carbocycles. The number of hydrogen-bond acceptors (Lipinski definition) is 3. The first-order valence-corrected chi connectivity index (χ1v) is 6.22. The largest absolute Gasteiger partial charge is 0.439 e. The van der Waals surface area contributed by atoms with E-state index >= 15 is 0 Å². The van der Waals surface area contributed by atoms with Gasteiger partial charge in [0.1, 0.15) is 5.75 Å². The van der Waals surface area contributed by atoms with Gasteiger partial charge in [0.25, 0.3) is 0 Å². The van der Waals surface area contributed by atoms with Crippen LogP contribution in [0.4, 0.5) is 0 Å². The third kappa shape index (κ3) is 3.08. The Balaban J connectivity index is 2.22. The van der Waals surface area contributed by atoms with Crippen molar-refractivity contribution in [3.8, 4) is 11.6 Å². The SMILES string of the molecule is CCNC(C)c1cccnc1Oc1ccccc1. The van der Waals surface area contributed by atoms with Gasteiger partial charge in [-0.3, -0.25) is 0 Å². The molecular weight excluding hydrogens is 224 g/mol. The number of benzene rings is 1. The van der Waals surface area contributed by atoms with Crippen molar-refractivity contribution in [1.82, 2.24) is 10.3 Å². The van der Waals surface area contributed by atoms with Gasteiger partial charge in [0.2, 0.25) is 5.88 Å². The van der Waals surface area contributed by atoms with E-state index in [-0.39, 0.29) is 6.04 Å². The van der Waals surface area contributed by atoms with Gasteiger partial charge in [0.05, 0.1) is 0 Å². The lowest BCUT2D eigenvalue weighted by molar-refractivity contribution is 0.444. The molecule has 1 unspecified atom stereocenters. The average molecular weight is 242 g/mol. The molecule has 0 aliphatic heterocycles. The van der Waals surface area contributed by atoms with E-state index in [1.54, 1.807) is 6.20 Å². The van der Waals surface area contributed by atoms with Gasteiger partial charge in [-0.25, -0.2) is 4.98 Å². The highest BCUT2D eigenvalue weighted by Gasteiger charge is 2.11. The van der Waals surface area contributed by atoms with Gasteiger partial charge in [0.15, 0.2) is 0 Å². The van der Waals surface area contributed by atoms with E-state index in [0.717, 1.165) is 17.9 Å². The molecule has 0 bridgehead atoms. The van der Waals surface area contributed by atoms with Crippen molar-refractivity contribution in [2.24, 2.45) is 0 Å². The van der Waals surface area contributed by atoms with Crippen LogP contribution in [0.15, 0.2) is 48.7 Å². The van der Waals surface area contributed by atoms with Crippen LogP contribution < -0.4 is 10.1 Å². The summed E-state index contributed by atoms with van der Waals surface area (Å²) in [7, 11) is 0. The molecule has 94 valence electrons. The van der Waals surface area contributed by atoms with E-state index in [4.69, 9.17) is 4.74 Å². The fraction of sp³-hybridized carbons (Fsp3) is 0.267. The lowest BCUT2D eigenvalue weighted by Gasteiger charge is -2.16. The van der Waals surface area contributed by atoms with E-state index < -0.39 is 0 Å². The lowest BCUT2D eigenvalue weighted by Crippen LogP contribution is -2.18. The number of hydrogen-bond donors (Lipinski definition) is 1. The van der Waals surface area contributed by atoms with Crippen LogP contribution in [-0.4, -0.2) is 11.5 Å². The second-order valence-corrected chi connectivity index (χ2v) is 4.09. The number of pyridine rings is 1. The second-order valence-electron chi connectivity index (χ2n) is 4.09. The molecule has 1 heterocycles. The molecular formula is C15H18N2O. The number of nitrogens with zero attached hydrogens (tertiary/aromatic N) is 1. The van der Waals surface area contributed by atoms with Crippen LogP contribution in [0.25, 0.3) is 0 Å². The zero-order chi connectivity index (χ0) is 12.8. The first-order valence-electron chi connectivity index (χ1n) is 6.22. The Morgan fingerprint density at radius 3 is 2.67 bits per heavy atom.